The molecule has 0 fully saturated rings. The van der Waals surface area contributed by atoms with Crippen LogP contribution in [0.4, 0.5) is 0 Å². The van der Waals surface area contributed by atoms with E-state index in [1.165, 1.54) is 0 Å². The summed E-state index contributed by atoms with van der Waals surface area (Å²) >= 11 is 5.62. The molecule has 0 radical (unpaired) electrons. The lowest BCUT2D eigenvalue weighted by molar-refractivity contribution is -0.135. The molecule has 0 bridgehead atoms. The summed E-state index contributed by atoms with van der Waals surface area (Å²) in [7, 11) is 0. The van der Waals surface area contributed by atoms with Crippen LogP contribution < -0.4 is 0 Å². The fourth-order valence-electron chi connectivity index (χ4n) is 0.817. The van der Waals surface area contributed by atoms with Gasteiger partial charge in [-0.05, 0) is 17.7 Å². The van der Waals surface area contributed by atoms with Crippen LogP contribution in [-0.2, 0) is 4.79 Å². The standard InChI is InChI=1S/C9H8ClNO2/c10-8-6-7(4-5-11-8)2-1-3-9(12)13/h1-2,4-6H,3H2,(H,12,13). The van der Waals surface area contributed by atoms with Gasteiger partial charge >= 0.3 is 5.97 Å². The van der Waals surface area contributed by atoms with Crippen molar-refractivity contribution in [1.29, 1.82) is 0 Å². The van der Waals surface area contributed by atoms with Gasteiger partial charge in [0.25, 0.3) is 0 Å². The molecule has 1 aromatic heterocycles. The van der Waals surface area contributed by atoms with Crippen molar-refractivity contribution in [3.05, 3.63) is 35.1 Å². The molecule has 13 heavy (non-hydrogen) atoms. The molecule has 1 heterocycles. The average Bonchev–Trinajstić information content (AvgIpc) is 2.03. The monoisotopic (exact) mass is 197 g/mol. The minimum atomic E-state index is -0.851. The summed E-state index contributed by atoms with van der Waals surface area (Å²) in [6.07, 6.45) is 4.85. The Balaban J connectivity index is 2.63. The van der Waals surface area contributed by atoms with Crippen LogP contribution in [0, 0.1) is 0 Å². The van der Waals surface area contributed by atoms with Crippen molar-refractivity contribution in [3.8, 4) is 0 Å². The molecule has 0 aliphatic carbocycles. The van der Waals surface area contributed by atoms with Crippen molar-refractivity contribution in [2.75, 3.05) is 0 Å². The van der Waals surface area contributed by atoms with Gasteiger partial charge in [0.2, 0.25) is 0 Å². The fourth-order valence-corrected chi connectivity index (χ4v) is 0.999. The van der Waals surface area contributed by atoms with Crippen LogP contribution in [-0.4, -0.2) is 16.1 Å². The molecule has 4 heteroatoms. The number of halogens is 1. The summed E-state index contributed by atoms with van der Waals surface area (Å²) in [5.41, 5.74) is 0.848. The van der Waals surface area contributed by atoms with E-state index < -0.39 is 5.97 Å². The molecule has 68 valence electrons. The predicted molar refractivity (Wildman–Crippen MR) is 50.5 cm³/mol. The van der Waals surface area contributed by atoms with E-state index in [2.05, 4.69) is 4.98 Å². The van der Waals surface area contributed by atoms with Crippen molar-refractivity contribution in [2.24, 2.45) is 0 Å². The van der Waals surface area contributed by atoms with Gasteiger partial charge in [-0.15, -0.1) is 0 Å². The Morgan fingerprint density at radius 3 is 3.08 bits per heavy atom. The van der Waals surface area contributed by atoms with Crippen molar-refractivity contribution in [3.63, 3.8) is 0 Å². The van der Waals surface area contributed by atoms with Crippen LogP contribution >= 0.6 is 11.6 Å². The van der Waals surface area contributed by atoms with Crippen LogP contribution in [0.25, 0.3) is 6.08 Å². The number of carboxylic acid groups (broad SMARTS) is 1. The molecule has 1 N–H and O–H groups in total. The third kappa shape index (κ3) is 3.71. The quantitative estimate of drug-likeness (QED) is 0.756. The minimum absolute atomic E-state index is 0.0138. The summed E-state index contributed by atoms with van der Waals surface area (Å²) in [6, 6.07) is 3.42. The normalized spacial score (nSPS) is 10.5. The number of hydrogen-bond donors (Lipinski definition) is 1. The van der Waals surface area contributed by atoms with Gasteiger partial charge in [-0.3, -0.25) is 4.79 Å². The first-order valence-electron chi connectivity index (χ1n) is 3.68. The number of carboxylic acids is 1. The zero-order chi connectivity index (χ0) is 9.68. The van der Waals surface area contributed by atoms with Gasteiger partial charge in [0.1, 0.15) is 5.15 Å². The van der Waals surface area contributed by atoms with E-state index in [0.717, 1.165) is 5.56 Å². The van der Waals surface area contributed by atoms with E-state index in [0.29, 0.717) is 5.15 Å². The van der Waals surface area contributed by atoms with Gasteiger partial charge < -0.3 is 5.11 Å². The number of hydrogen-bond acceptors (Lipinski definition) is 2. The molecule has 0 saturated carbocycles. The molecular weight excluding hydrogens is 190 g/mol. The molecule has 0 atom stereocenters. The van der Waals surface area contributed by atoms with Crippen molar-refractivity contribution < 1.29 is 9.90 Å². The number of aliphatic carboxylic acids is 1. The van der Waals surface area contributed by atoms with Crippen LogP contribution in [0.15, 0.2) is 24.4 Å². The molecular formula is C9H8ClNO2. The van der Waals surface area contributed by atoms with Gasteiger partial charge in [-0.1, -0.05) is 23.8 Å². The second-order valence-corrected chi connectivity index (χ2v) is 2.80. The Bertz CT molecular complexity index is 336. The zero-order valence-electron chi connectivity index (χ0n) is 6.77. The maximum absolute atomic E-state index is 10.2. The molecule has 3 nitrogen and oxygen atoms in total. The van der Waals surface area contributed by atoms with Crippen molar-refractivity contribution >= 4 is 23.6 Å². The highest BCUT2D eigenvalue weighted by molar-refractivity contribution is 6.29. The predicted octanol–water partition coefficient (Wildman–Crippen LogP) is 2.22. The number of aromatic nitrogens is 1. The van der Waals surface area contributed by atoms with E-state index in [9.17, 15) is 4.79 Å². The summed E-state index contributed by atoms with van der Waals surface area (Å²) in [6.45, 7) is 0. The molecule has 1 rings (SSSR count). The smallest absolute Gasteiger partial charge is 0.307 e. The lowest BCUT2D eigenvalue weighted by Gasteiger charge is -1.92. The third-order valence-corrected chi connectivity index (χ3v) is 1.56. The Morgan fingerprint density at radius 2 is 2.46 bits per heavy atom. The highest BCUT2D eigenvalue weighted by Crippen LogP contribution is 2.08. The minimum Gasteiger partial charge on any atom is -0.481 e. The highest BCUT2D eigenvalue weighted by Gasteiger charge is 1.92. The fraction of sp³-hybridized carbons (Fsp3) is 0.111. The van der Waals surface area contributed by atoms with E-state index >= 15 is 0 Å². The molecule has 0 aliphatic rings. The van der Waals surface area contributed by atoms with E-state index in [-0.39, 0.29) is 6.42 Å². The lowest BCUT2D eigenvalue weighted by atomic mass is 10.2. The second-order valence-electron chi connectivity index (χ2n) is 2.41. The topological polar surface area (TPSA) is 50.2 Å². The van der Waals surface area contributed by atoms with Crippen LogP contribution in [0.5, 0.6) is 0 Å². The summed E-state index contributed by atoms with van der Waals surface area (Å²) in [5.74, 6) is -0.851. The first-order chi connectivity index (χ1) is 6.18. The number of rotatable bonds is 3. The molecule has 0 amide bonds. The summed E-state index contributed by atoms with van der Waals surface area (Å²) in [5, 5.41) is 8.76. The molecule has 0 aromatic carbocycles. The number of nitrogens with zero attached hydrogens (tertiary/aromatic N) is 1. The Kier molecular flexibility index (Phi) is 3.46. The Hall–Kier alpha value is -1.35. The zero-order valence-corrected chi connectivity index (χ0v) is 7.53. The van der Waals surface area contributed by atoms with Gasteiger partial charge in [0, 0.05) is 6.20 Å². The number of pyridine rings is 1. The molecule has 0 spiro atoms. The summed E-state index contributed by atoms with van der Waals surface area (Å²) in [4.78, 5) is 14.0. The maximum atomic E-state index is 10.2. The maximum Gasteiger partial charge on any atom is 0.307 e. The number of carbonyl (C=O) groups is 1. The molecule has 0 saturated heterocycles. The first kappa shape index (κ1) is 9.74. The molecule has 0 aliphatic heterocycles. The Morgan fingerprint density at radius 1 is 1.69 bits per heavy atom. The van der Waals surface area contributed by atoms with Crippen LogP contribution in [0.1, 0.15) is 12.0 Å². The third-order valence-electron chi connectivity index (χ3n) is 1.35. The van der Waals surface area contributed by atoms with Crippen molar-refractivity contribution in [2.45, 2.75) is 6.42 Å². The van der Waals surface area contributed by atoms with E-state index in [1.807, 2.05) is 0 Å². The Labute approximate surface area is 80.7 Å². The van der Waals surface area contributed by atoms with Gasteiger partial charge in [0.15, 0.2) is 0 Å². The van der Waals surface area contributed by atoms with Gasteiger partial charge in [0.05, 0.1) is 6.42 Å². The second kappa shape index (κ2) is 4.62. The van der Waals surface area contributed by atoms with Crippen LogP contribution in [0.2, 0.25) is 5.15 Å². The van der Waals surface area contributed by atoms with E-state index in [1.54, 1.807) is 30.5 Å². The van der Waals surface area contributed by atoms with Gasteiger partial charge in [-0.25, -0.2) is 4.98 Å². The SMILES string of the molecule is O=C(O)CC=Cc1ccnc(Cl)c1. The largest absolute Gasteiger partial charge is 0.481 e. The first-order valence-corrected chi connectivity index (χ1v) is 4.06. The molecule has 0 unspecified atom stereocenters. The van der Waals surface area contributed by atoms with Crippen LogP contribution in [0.3, 0.4) is 0 Å². The average molecular weight is 198 g/mol. The molecule has 1 aromatic rings. The van der Waals surface area contributed by atoms with E-state index in [4.69, 9.17) is 16.7 Å². The summed E-state index contributed by atoms with van der Waals surface area (Å²) < 4.78 is 0. The highest BCUT2D eigenvalue weighted by atomic mass is 35.5. The lowest BCUT2D eigenvalue weighted by Crippen LogP contribution is -1.89. The van der Waals surface area contributed by atoms with Gasteiger partial charge in [-0.2, -0.15) is 0 Å². The van der Waals surface area contributed by atoms with Crippen molar-refractivity contribution in [1.82, 2.24) is 4.98 Å².